The van der Waals surface area contributed by atoms with E-state index in [1.165, 1.54) is 24.5 Å². The molecule has 0 bridgehead atoms. The zero-order valence-electron chi connectivity index (χ0n) is 17.3. The zero-order chi connectivity index (χ0) is 25.4. The van der Waals surface area contributed by atoms with E-state index in [-0.39, 0.29) is 5.56 Å². The molecule has 0 saturated carbocycles. The Hall–Kier alpha value is -4.35. The number of carboxylic acids is 1. The highest BCUT2D eigenvalue weighted by molar-refractivity contribution is 6.19. The zero-order valence-corrected chi connectivity index (χ0v) is 17.3. The average Bonchev–Trinajstić information content (AvgIpc) is 3.46. The summed E-state index contributed by atoms with van der Waals surface area (Å²) in [4.78, 5) is 15.8. The summed E-state index contributed by atoms with van der Waals surface area (Å²) in [6.07, 6.45) is -6.51. The van der Waals surface area contributed by atoms with Gasteiger partial charge >= 0.3 is 18.3 Å². The number of carbonyl (C=O) groups is 1. The fourth-order valence-corrected chi connectivity index (χ4v) is 3.35. The summed E-state index contributed by atoms with van der Waals surface area (Å²) in [5.74, 6) is -2.53. The maximum atomic E-state index is 13.7. The lowest BCUT2D eigenvalue weighted by Gasteiger charge is -2.12. The van der Waals surface area contributed by atoms with Crippen LogP contribution in [0.5, 0.6) is 0 Å². The van der Waals surface area contributed by atoms with Crippen LogP contribution in [0.1, 0.15) is 16.7 Å². The van der Waals surface area contributed by atoms with Crippen LogP contribution in [0.4, 0.5) is 26.3 Å². The normalized spacial score (nSPS) is 12.7. The molecule has 0 atom stereocenters. The monoisotopic (exact) mass is 493 g/mol. The second-order valence-electron chi connectivity index (χ2n) is 7.15. The van der Waals surface area contributed by atoms with Crippen molar-refractivity contribution in [3.8, 4) is 22.8 Å². The van der Waals surface area contributed by atoms with Crippen molar-refractivity contribution in [2.75, 3.05) is 0 Å². The van der Waals surface area contributed by atoms with Crippen LogP contribution in [0, 0.1) is 0 Å². The molecule has 12 heteroatoms. The second kappa shape index (κ2) is 8.78. The highest BCUT2D eigenvalue weighted by atomic mass is 19.4. The van der Waals surface area contributed by atoms with Crippen LogP contribution >= 0.6 is 0 Å². The van der Waals surface area contributed by atoms with Gasteiger partial charge in [0, 0.05) is 22.9 Å². The number of nitrogens with zero attached hydrogens (tertiary/aromatic N) is 3. The predicted octanol–water partition coefficient (Wildman–Crippen LogP) is 6.33. The summed E-state index contributed by atoms with van der Waals surface area (Å²) in [7, 11) is 0. The molecule has 0 fully saturated rings. The quantitative estimate of drug-likeness (QED) is 0.260. The van der Waals surface area contributed by atoms with Gasteiger partial charge in [-0.2, -0.15) is 26.3 Å². The van der Waals surface area contributed by atoms with Crippen LogP contribution in [0.2, 0.25) is 0 Å². The van der Waals surface area contributed by atoms with Crippen molar-refractivity contribution in [1.82, 2.24) is 14.8 Å². The van der Waals surface area contributed by atoms with Gasteiger partial charge in [0.05, 0.1) is 29.2 Å². The Kier molecular flexibility index (Phi) is 5.97. The third-order valence-corrected chi connectivity index (χ3v) is 4.89. The number of aromatic nitrogens is 3. The van der Waals surface area contributed by atoms with E-state index in [9.17, 15) is 36.2 Å². The lowest BCUT2D eigenvalue weighted by atomic mass is 10.1. The molecule has 4 aromatic rings. The first-order valence-corrected chi connectivity index (χ1v) is 9.74. The Morgan fingerprint density at radius 3 is 2.00 bits per heavy atom. The Morgan fingerprint density at radius 2 is 1.46 bits per heavy atom. The lowest BCUT2D eigenvalue weighted by molar-refractivity contribution is -0.137. The van der Waals surface area contributed by atoms with Crippen molar-refractivity contribution in [3.63, 3.8) is 0 Å². The summed E-state index contributed by atoms with van der Waals surface area (Å²) >= 11 is 0. The summed E-state index contributed by atoms with van der Waals surface area (Å²) in [5.41, 5.74) is -3.61. The standard InChI is InChI=1S/C23H13F6N3O3/c24-22(25,26)17-7-3-1-5-14(17)19-30-20(15-6-2-4-8-18(15)23(27,28)29)32(31-19)11-16(21(33)34)13-9-10-35-12-13/h1-12H,(H,33,34)/b16-11+. The molecule has 0 aliphatic carbocycles. The van der Waals surface area contributed by atoms with E-state index in [2.05, 4.69) is 10.1 Å². The first-order valence-electron chi connectivity index (χ1n) is 9.74. The van der Waals surface area contributed by atoms with Crippen LogP contribution in [0.3, 0.4) is 0 Å². The molecule has 2 heterocycles. The van der Waals surface area contributed by atoms with E-state index in [1.807, 2.05) is 0 Å². The SMILES string of the molecule is O=C(O)/C(=C/n1nc(-c2ccccc2C(F)(F)F)nc1-c1ccccc1C(F)(F)F)c1ccoc1. The number of benzene rings is 2. The summed E-state index contributed by atoms with van der Waals surface area (Å²) in [5, 5.41) is 13.6. The minimum Gasteiger partial charge on any atom is -0.478 e. The van der Waals surface area contributed by atoms with Gasteiger partial charge in [-0.3, -0.25) is 0 Å². The van der Waals surface area contributed by atoms with E-state index in [1.54, 1.807) is 0 Å². The molecule has 0 aliphatic heterocycles. The number of furan rings is 1. The molecule has 180 valence electrons. The Balaban J connectivity index is 2.02. The first-order chi connectivity index (χ1) is 16.5. The maximum Gasteiger partial charge on any atom is 0.417 e. The molecule has 1 N–H and O–H groups in total. The Bertz CT molecular complexity index is 1400. The fourth-order valence-electron chi connectivity index (χ4n) is 3.35. The molecular formula is C23H13F6N3O3. The lowest BCUT2D eigenvalue weighted by Crippen LogP contribution is -2.09. The van der Waals surface area contributed by atoms with Gasteiger partial charge in [0.2, 0.25) is 0 Å². The molecule has 0 saturated heterocycles. The van der Waals surface area contributed by atoms with E-state index >= 15 is 0 Å². The van der Waals surface area contributed by atoms with Gasteiger partial charge in [-0.15, -0.1) is 5.10 Å². The number of aliphatic carboxylic acids is 1. The van der Waals surface area contributed by atoms with E-state index < -0.39 is 57.8 Å². The molecule has 0 aliphatic rings. The van der Waals surface area contributed by atoms with Gasteiger partial charge in [-0.25, -0.2) is 14.5 Å². The third-order valence-electron chi connectivity index (χ3n) is 4.89. The Labute approximate surface area is 192 Å². The molecule has 4 rings (SSSR count). The van der Waals surface area contributed by atoms with Crippen molar-refractivity contribution in [2.24, 2.45) is 0 Å². The van der Waals surface area contributed by atoms with Gasteiger partial charge in [0.25, 0.3) is 0 Å². The van der Waals surface area contributed by atoms with Crippen LogP contribution < -0.4 is 0 Å². The number of halogens is 6. The molecule has 35 heavy (non-hydrogen) atoms. The molecule has 2 aromatic carbocycles. The molecule has 0 spiro atoms. The average molecular weight is 493 g/mol. The molecular weight excluding hydrogens is 480 g/mol. The highest BCUT2D eigenvalue weighted by Crippen LogP contribution is 2.39. The number of hydrogen-bond donors (Lipinski definition) is 1. The topological polar surface area (TPSA) is 81.1 Å². The van der Waals surface area contributed by atoms with E-state index in [4.69, 9.17) is 4.42 Å². The minimum atomic E-state index is -4.83. The second-order valence-corrected chi connectivity index (χ2v) is 7.15. The molecule has 0 unspecified atom stereocenters. The van der Waals surface area contributed by atoms with Gasteiger partial charge in [-0.1, -0.05) is 36.4 Å². The van der Waals surface area contributed by atoms with Crippen LogP contribution in [-0.2, 0) is 17.1 Å². The van der Waals surface area contributed by atoms with Crippen LogP contribution in [0.15, 0.2) is 71.5 Å². The fraction of sp³-hybridized carbons (Fsp3) is 0.0870. The van der Waals surface area contributed by atoms with Crippen molar-refractivity contribution in [3.05, 3.63) is 83.8 Å². The Morgan fingerprint density at radius 1 is 0.886 bits per heavy atom. The van der Waals surface area contributed by atoms with Crippen LogP contribution in [-0.4, -0.2) is 25.8 Å². The van der Waals surface area contributed by atoms with Gasteiger partial charge in [-0.05, 0) is 18.2 Å². The number of alkyl halides is 6. The summed E-state index contributed by atoms with van der Waals surface area (Å²) in [6.45, 7) is 0. The molecule has 0 radical (unpaired) electrons. The molecule has 0 amide bonds. The number of rotatable bonds is 5. The van der Waals surface area contributed by atoms with Crippen molar-refractivity contribution in [2.45, 2.75) is 12.4 Å². The minimum absolute atomic E-state index is 0.0558. The smallest absolute Gasteiger partial charge is 0.417 e. The van der Waals surface area contributed by atoms with Crippen molar-refractivity contribution < 1.29 is 40.7 Å². The van der Waals surface area contributed by atoms with Gasteiger partial charge in [0.1, 0.15) is 0 Å². The van der Waals surface area contributed by atoms with Crippen molar-refractivity contribution in [1.29, 1.82) is 0 Å². The first kappa shape index (κ1) is 23.8. The van der Waals surface area contributed by atoms with Gasteiger partial charge < -0.3 is 9.52 Å². The highest BCUT2D eigenvalue weighted by Gasteiger charge is 2.37. The van der Waals surface area contributed by atoms with E-state index in [0.717, 1.165) is 48.9 Å². The largest absolute Gasteiger partial charge is 0.478 e. The summed E-state index contributed by atoms with van der Waals surface area (Å²) in [6, 6.07) is 9.83. The van der Waals surface area contributed by atoms with E-state index in [0.29, 0.717) is 4.68 Å². The molecule has 6 nitrogen and oxygen atoms in total. The van der Waals surface area contributed by atoms with Crippen LogP contribution in [0.25, 0.3) is 34.5 Å². The maximum absolute atomic E-state index is 13.7. The molecule has 2 aromatic heterocycles. The van der Waals surface area contributed by atoms with Gasteiger partial charge in [0.15, 0.2) is 11.6 Å². The predicted molar refractivity (Wildman–Crippen MR) is 111 cm³/mol. The summed E-state index contributed by atoms with van der Waals surface area (Å²) < 4.78 is 87.4. The number of carboxylic acid groups (broad SMARTS) is 1. The van der Waals surface area contributed by atoms with Crippen molar-refractivity contribution >= 4 is 17.7 Å². The number of hydrogen-bond acceptors (Lipinski definition) is 4. The third kappa shape index (κ3) is 4.81.